The van der Waals surface area contributed by atoms with Gasteiger partial charge in [0.15, 0.2) is 28.3 Å². The number of benzene rings is 1. The van der Waals surface area contributed by atoms with Crippen molar-refractivity contribution in [2.45, 2.75) is 31.0 Å². The van der Waals surface area contributed by atoms with Crippen LogP contribution in [0, 0.1) is 6.92 Å². The maximum Gasteiger partial charge on any atom is 0.231 e. The first-order valence-electron chi connectivity index (χ1n) is 8.50. The van der Waals surface area contributed by atoms with Crippen LogP contribution in [-0.4, -0.2) is 42.7 Å². The van der Waals surface area contributed by atoms with E-state index in [1.54, 1.807) is 18.2 Å². The average molecular weight is 401 g/mol. The second-order valence-electron chi connectivity index (χ2n) is 6.37. The fourth-order valence-electron chi connectivity index (χ4n) is 2.91. The first kappa shape index (κ1) is 16.7. The van der Waals surface area contributed by atoms with Crippen molar-refractivity contribution >= 4 is 29.1 Å². The molecule has 0 radical (unpaired) electrons. The topological polar surface area (TPSA) is 92.0 Å². The van der Waals surface area contributed by atoms with Crippen LogP contribution < -0.4 is 9.47 Å². The van der Waals surface area contributed by atoms with Crippen molar-refractivity contribution in [1.29, 1.82) is 0 Å². The van der Waals surface area contributed by atoms with Gasteiger partial charge >= 0.3 is 0 Å². The Morgan fingerprint density at radius 3 is 2.89 bits per heavy atom. The number of carbonyl (C=O) groups excluding carboxylic acids is 1. The molecular weight excluding hydrogens is 386 g/mol. The van der Waals surface area contributed by atoms with Crippen molar-refractivity contribution in [2.75, 3.05) is 12.5 Å². The number of Topliss-reactive ketones (excluding diaryl/α,β-unsaturated/α-hetero) is 1. The highest BCUT2D eigenvalue weighted by Crippen LogP contribution is 2.42. The van der Waals surface area contributed by atoms with E-state index in [1.165, 1.54) is 23.3 Å². The van der Waals surface area contributed by atoms with Crippen LogP contribution in [0.1, 0.15) is 34.9 Å². The van der Waals surface area contributed by atoms with Gasteiger partial charge in [0, 0.05) is 11.6 Å². The molecule has 2 aromatic heterocycles. The first-order chi connectivity index (χ1) is 13.2. The molecule has 2 aliphatic rings. The van der Waals surface area contributed by atoms with Gasteiger partial charge in [-0.2, -0.15) is 0 Å². The van der Waals surface area contributed by atoms with E-state index >= 15 is 0 Å². The van der Waals surface area contributed by atoms with Gasteiger partial charge in [-0.1, -0.05) is 16.3 Å². The van der Waals surface area contributed by atoms with Crippen LogP contribution in [0.2, 0.25) is 0 Å². The molecule has 1 saturated carbocycles. The van der Waals surface area contributed by atoms with E-state index in [-0.39, 0.29) is 18.3 Å². The van der Waals surface area contributed by atoms with Crippen molar-refractivity contribution < 1.29 is 14.3 Å². The van der Waals surface area contributed by atoms with Crippen LogP contribution in [0.4, 0.5) is 0 Å². The lowest BCUT2D eigenvalue weighted by Crippen LogP contribution is -2.05. The van der Waals surface area contributed by atoms with Crippen molar-refractivity contribution in [3.8, 4) is 22.2 Å². The van der Waals surface area contributed by atoms with Gasteiger partial charge < -0.3 is 9.47 Å². The summed E-state index contributed by atoms with van der Waals surface area (Å²) in [4.78, 5) is 13.5. The number of rotatable bonds is 6. The zero-order valence-electron chi connectivity index (χ0n) is 14.4. The maximum atomic E-state index is 12.6. The maximum absolute atomic E-state index is 12.6. The summed E-state index contributed by atoms with van der Waals surface area (Å²) in [5.74, 6) is 2.38. The molecule has 1 aromatic carbocycles. The molecule has 0 saturated heterocycles. The summed E-state index contributed by atoms with van der Waals surface area (Å²) in [5, 5.41) is 13.5. The third-order valence-corrected chi connectivity index (χ3v) is 6.23. The van der Waals surface area contributed by atoms with Gasteiger partial charge in [0.1, 0.15) is 4.88 Å². The minimum absolute atomic E-state index is 0.0147. The fraction of sp³-hybridized carbons (Fsp3) is 0.353. The van der Waals surface area contributed by atoms with Crippen LogP contribution in [0.3, 0.4) is 0 Å². The van der Waals surface area contributed by atoms with Crippen LogP contribution in [-0.2, 0) is 0 Å². The number of carbonyl (C=O) groups is 1. The molecule has 5 rings (SSSR count). The number of ketones is 1. The van der Waals surface area contributed by atoms with Crippen LogP contribution in [0.5, 0.6) is 11.5 Å². The summed E-state index contributed by atoms with van der Waals surface area (Å²) in [6.45, 7) is 2.11. The van der Waals surface area contributed by atoms with Crippen LogP contribution in [0.25, 0.3) is 10.7 Å². The number of hydrogen-bond acceptors (Lipinski definition) is 9. The smallest absolute Gasteiger partial charge is 0.231 e. The molecular formula is C17H15N5O3S2. The summed E-state index contributed by atoms with van der Waals surface area (Å²) in [6, 6.07) is 5.65. The zero-order valence-corrected chi connectivity index (χ0v) is 16.0. The SMILES string of the molecule is Cc1nnsc1-c1nnc(SCC(=O)c2ccc3c(c2)OCO3)n1C1CC1. The minimum Gasteiger partial charge on any atom is -0.454 e. The largest absolute Gasteiger partial charge is 0.454 e. The Balaban J connectivity index is 1.36. The van der Waals surface area contributed by atoms with Crippen LogP contribution >= 0.6 is 23.3 Å². The highest BCUT2D eigenvalue weighted by molar-refractivity contribution is 7.99. The number of nitrogens with zero attached hydrogens (tertiary/aromatic N) is 5. The third-order valence-electron chi connectivity index (χ3n) is 4.46. The second kappa shape index (κ2) is 6.61. The number of thioether (sulfide) groups is 1. The number of hydrogen-bond donors (Lipinski definition) is 0. The average Bonchev–Trinajstić information content (AvgIpc) is 3.07. The number of aromatic nitrogens is 5. The van der Waals surface area contributed by atoms with E-state index in [0.29, 0.717) is 23.1 Å². The lowest BCUT2D eigenvalue weighted by atomic mass is 10.1. The quantitative estimate of drug-likeness (QED) is 0.459. The Labute approximate surface area is 163 Å². The van der Waals surface area contributed by atoms with Gasteiger partial charge in [-0.25, -0.2) is 0 Å². The molecule has 10 heteroatoms. The lowest BCUT2D eigenvalue weighted by molar-refractivity contribution is 0.102. The molecule has 0 atom stereocenters. The second-order valence-corrected chi connectivity index (χ2v) is 8.07. The lowest BCUT2D eigenvalue weighted by Gasteiger charge is -2.07. The van der Waals surface area contributed by atoms with Gasteiger partial charge in [0.2, 0.25) is 6.79 Å². The van der Waals surface area contributed by atoms with Crippen molar-refractivity contribution in [3.63, 3.8) is 0 Å². The Bertz CT molecular complexity index is 1030. The van der Waals surface area contributed by atoms with E-state index < -0.39 is 0 Å². The van der Waals surface area contributed by atoms with E-state index in [2.05, 4.69) is 24.4 Å². The molecule has 0 spiro atoms. The molecule has 1 aliphatic carbocycles. The van der Waals surface area contributed by atoms with Crippen LogP contribution in [0.15, 0.2) is 23.4 Å². The standard InChI is InChI=1S/C17H15N5O3S2/c1-9-15(27-21-18-9)16-19-20-17(22(16)11-3-4-11)26-7-12(23)10-2-5-13-14(6-10)25-8-24-13/h2,5-6,11H,3-4,7-8H2,1H3. The predicted molar refractivity (Wildman–Crippen MR) is 99.6 cm³/mol. The van der Waals surface area contributed by atoms with E-state index in [0.717, 1.165) is 34.4 Å². The summed E-state index contributed by atoms with van der Waals surface area (Å²) in [6.07, 6.45) is 2.19. The fourth-order valence-corrected chi connectivity index (χ4v) is 4.45. The van der Waals surface area contributed by atoms with Gasteiger partial charge in [0.25, 0.3) is 0 Å². The monoisotopic (exact) mass is 401 g/mol. The summed E-state index contributed by atoms with van der Waals surface area (Å²) in [5.41, 5.74) is 1.45. The highest BCUT2D eigenvalue weighted by Gasteiger charge is 2.31. The van der Waals surface area contributed by atoms with Crippen molar-refractivity contribution in [2.24, 2.45) is 0 Å². The predicted octanol–water partition coefficient (Wildman–Crippen LogP) is 3.14. The zero-order chi connectivity index (χ0) is 18.4. The molecule has 0 bridgehead atoms. The summed E-state index contributed by atoms with van der Waals surface area (Å²) < 4.78 is 16.8. The molecule has 27 heavy (non-hydrogen) atoms. The van der Waals surface area contributed by atoms with E-state index in [4.69, 9.17) is 9.47 Å². The molecule has 3 aromatic rings. The Morgan fingerprint density at radius 2 is 2.11 bits per heavy atom. The molecule has 0 N–H and O–H groups in total. The molecule has 0 amide bonds. The Kier molecular flexibility index (Phi) is 4.09. The minimum atomic E-state index is 0.0147. The van der Waals surface area contributed by atoms with E-state index in [9.17, 15) is 4.79 Å². The molecule has 138 valence electrons. The normalized spacial score (nSPS) is 15.3. The van der Waals surface area contributed by atoms with Gasteiger partial charge in [0.05, 0.1) is 11.4 Å². The molecule has 3 heterocycles. The summed E-state index contributed by atoms with van der Waals surface area (Å²) >= 11 is 2.73. The first-order valence-corrected chi connectivity index (χ1v) is 10.3. The van der Waals surface area contributed by atoms with Gasteiger partial charge in [-0.3, -0.25) is 9.36 Å². The Morgan fingerprint density at radius 1 is 1.26 bits per heavy atom. The summed E-state index contributed by atoms with van der Waals surface area (Å²) in [7, 11) is 0. The van der Waals surface area contributed by atoms with Gasteiger partial charge in [-0.15, -0.1) is 15.3 Å². The van der Waals surface area contributed by atoms with E-state index in [1.807, 2.05) is 6.92 Å². The third kappa shape index (κ3) is 3.08. The molecule has 1 fully saturated rings. The highest BCUT2D eigenvalue weighted by atomic mass is 32.2. The molecule has 1 aliphatic heterocycles. The molecule has 8 nitrogen and oxygen atoms in total. The van der Waals surface area contributed by atoms with Gasteiger partial charge in [-0.05, 0) is 49.5 Å². The molecule has 0 unspecified atom stereocenters. The van der Waals surface area contributed by atoms with Crippen molar-refractivity contribution in [1.82, 2.24) is 24.4 Å². The Hall–Kier alpha value is -2.46. The number of ether oxygens (including phenoxy) is 2. The number of aryl methyl sites for hydroxylation is 1. The van der Waals surface area contributed by atoms with Crippen molar-refractivity contribution in [3.05, 3.63) is 29.5 Å². The number of fused-ring (bicyclic) bond motifs is 1.